The highest BCUT2D eigenvalue weighted by atomic mass is 32.2. The molecular weight excluding hydrogens is 218 g/mol. The van der Waals surface area contributed by atoms with E-state index >= 15 is 0 Å². The molecule has 1 aromatic carbocycles. The maximum absolute atomic E-state index is 10.6. The fourth-order valence-corrected chi connectivity index (χ4v) is 2.26. The average molecular weight is 229 g/mol. The molecule has 0 aliphatic heterocycles. The molecule has 0 atom stereocenters. The summed E-state index contributed by atoms with van der Waals surface area (Å²) in [4.78, 5) is 16.9. The van der Waals surface area contributed by atoms with Gasteiger partial charge in [-0.05, 0) is 36.8 Å². The Labute approximate surface area is 98.7 Å². The fourth-order valence-electron chi connectivity index (χ4n) is 1.39. The van der Waals surface area contributed by atoms with Gasteiger partial charge in [0.15, 0.2) is 0 Å². The van der Waals surface area contributed by atoms with E-state index in [1.165, 1.54) is 0 Å². The molecule has 1 heterocycles. The predicted molar refractivity (Wildman–Crippen MR) is 64.9 cm³/mol. The fraction of sp³-hybridized carbons (Fsp3) is 0.0769. The van der Waals surface area contributed by atoms with Gasteiger partial charge >= 0.3 is 0 Å². The minimum atomic E-state index is 0.719. The lowest BCUT2D eigenvalue weighted by Crippen LogP contribution is -1.84. The molecule has 0 saturated carbocycles. The first kappa shape index (κ1) is 10.9. The first-order valence-corrected chi connectivity index (χ1v) is 5.75. The van der Waals surface area contributed by atoms with Gasteiger partial charge in [-0.2, -0.15) is 0 Å². The lowest BCUT2D eigenvalue weighted by atomic mass is 10.2. The van der Waals surface area contributed by atoms with Crippen LogP contribution in [0.2, 0.25) is 0 Å². The summed E-state index contributed by atoms with van der Waals surface area (Å²) < 4.78 is 0. The van der Waals surface area contributed by atoms with Crippen LogP contribution >= 0.6 is 11.8 Å². The Balaban J connectivity index is 2.25. The molecule has 0 fully saturated rings. The van der Waals surface area contributed by atoms with Gasteiger partial charge in [0.2, 0.25) is 0 Å². The third-order valence-corrected chi connectivity index (χ3v) is 3.40. The molecule has 0 aliphatic carbocycles. The number of hydrogen-bond acceptors (Lipinski definition) is 3. The topological polar surface area (TPSA) is 30.0 Å². The quantitative estimate of drug-likeness (QED) is 0.756. The van der Waals surface area contributed by atoms with Crippen LogP contribution in [0.5, 0.6) is 0 Å². The third kappa shape index (κ3) is 2.49. The third-order valence-electron chi connectivity index (χ3n) is 2.21. The number of benzene rings is 1. The Morgan fingerprint density at radius 1 is 1.19 bits per heavy atom. The molecule has 0 bridgehead atoms. The highest BCUT2D eigenvalue weighted by molar-refractivity contribution is 7.99. The maximum Gasteiger partial charge on any atom is 0.150 e. The first-order valence-electron chi connectivity index (χ1n) is 4.93. The van der Waals surface area contributed by atoms with E-state index in [1.54, 1.807) is 24.2 Å². The van der Waals surface area contributed by atoms with Gasteiger partial charge in [-0.1, -0.05) is 17.8 Å². The van der Waals surface area contributed by atoms with Gasteiger partial charge in [-0.3, -0.25) is 9.78 Å². The minimum Gasteiger partial charge on any atom is -0.298 e. The van der Waals surface area contributed by atoms with Crippen molar-refractivity contribution >= 4 is 18.0 Å². The number of rotatable bonds is 3. The van der Waals surface area contributed by atoms with Crippen LogP contribution in [-0.4, -0.2) is 11.3 Å². The zero-order chi connectivity index (χ0) is 11.4. The molecule has 16 heavy (non-hydrogen) atoms. The van der Waals surface area contributed by atoms with Crippen molar-refractivity contribution in [3.05, 3.63) is 53.9 Å². The van der Waals surface area contributed by atoms with Gasteiger partial charge in [0.1, 0.15) is 6.29 Å². The van der Waals surface area contributed by atoms with E-state index in [2.05, 4.69) is 4.98 Å². The second-order valence-electron chi connectivity index (χ2n) is 3.43. The van der Waals surface area contributed by atoms with E-state index in [9.17, 15) is 4.79 Å². The molecule has 1 aromatic heterocycles. The smallest absolute Gasteiger partial charge is 0.150 e. The second kappa shape index (κ2) is 4.94. The summed E-state index contributed by atoms with van der Waals surface area (Å²) in [6.07, 6.45) is 4.42. The minimum absolute atomic E-state index is 0.719. The van der Waals surface area contributed by atoms with Crippen LogP contribution in [0.3, 0.4) is 0 Å². The summed E-state index contributed by atoms with van der Waals surface area (Å²) in [7, 11) is 0. The molecule has 0 saturated heterocycles. The van der Waals surface area contributed by atoms with Crippen molar-refractivity contribution in [1.82, 2.24) is 4.98 Å². The predicted octanol–water partition coefficient (Wildman–Crippen LogP) is 3.35. The SMILES string of the molecule is Cc1cc(C=O)ccc1Sc1ccncc1. The molecule has 2 nitrogen and oxygen atoms in total. The largest absolute Gasteiger partial charge is 0.298 e. The monoisotopic (exact) mass is 229 g/mol. The van der Waals surface area contributed by atoms with E-state index in [0.717, 1.165) is 27.2 Å². The molecule has 0 radical (unpaired) electrons. The summed E-state index contributed by atoms with van der Waals surface area (Å²) in [5.41, 5.74) is 1.84. The van der Waals surface area contributed by atoms with Crippen LogP contribution in [0.4, 0.5) is 0 Å². The van der Waals surface area contributed by atoms with E-state index in [-0.39, 0.29) is 0 Å². The number of aromatic nitrogens is 1. The Morgan fingerprint density at radius 2 is 1.94 bits per heavy atom. The summed E-state index contributed by atoms with van der Waals surface area (Å²) in [5, 5.41) is 0. The number of nitrogens with zero attached hydrogens (tertiary/aromatic N) is 1. The molecular formula is C13H11NOS. The molecule has 0 N–H and O–H groups in total. The Bertz CT molecular complexity index is 497. The van der Waals surface area contributed by atoms with Gasteiger partial charge in [0, 0.05) is 27.7 Å². The summed E-state index contributed by atoms with van der Waals surface area (Å²) in [6, 6.07) is 9.65. The molecule has 0 aliphatic rings. The van der Waals surface area contributed by atoms with Crippen LogP contribution in [0.1, 0.15) is 15.9 Å². The number of aryl methyl sites for hydroxylation is 1. The average Bonchev–Trinajstić information content (AvgIpc) is 2.33. The summed E-state index contributed by atoms with van der Waals surface area (Å²) in [6.45, 7) is 2.01. The van der Waals surface area contributed by atoms with E-state index in [1.807, 2.05) is 37.3 Å². The normalized spacial score (nSPS) is 10.1. The van der Waals surface area contributed by atoms with Gasteiger partial charge in [-0.25, -0.2) is 0 Å². The van der Waals surface area contributed by atoms with Crippen molar-refractivity contribution in [2.24, 2.45) is 0 Å². The van der Waals surface area contributed by atoms with Crippen molar-refractivity contribution in [1.29, 1.82) is 0 Å². The molecule has 80 valence electrons. The molecule has 3 heteroatoms. The van der Waals surface area contributed by atoms with Crippen LogP contribution in [0.15, 0.2) is 52.5 Å². The molecule has 0 unspecified atom stereocenters. The van der Waals surface area contributed by atoms with Crippen LogP contribution in [0.25, 0.3) is 0 Å². The first-order chi connectivity index (χ1) is 7.79. The molecule has 2 rings (SSSR count). The van der Waals surface area contributed by atoms with Crippen molar-refractivity contribution in [3.8, 4) is 0 Å². The van der Waals surface area contributed by atoms with Crippen molar-refractivity contribution in [2.75, 3.05) is 0 Å². The zero-order valence-electron chi connectivity index (χ0n) is 8.88. The number of carbonyl (C=O) groups excluding carboxylic acids is 1. The summed E-state index contributed by atoms with van der Waals surface area (Å²) >= 11 is 1.68. The van der Waals surface area contributed by atoms with Crippen LogP contribution < -0.4 is 0 Å². The van der Waals surface area contributed by atoms with Crippen molar-refractivity contribution in [2.45, 2.75) is 16.7 Å². The lowest BCUT2D eigenvalue weighted by molar-refractivity contribution is 0.112. The second-order valence-corrected chi connectivity index (χ2v) is 4.54. The highest BCUT2D eigenvalue weighted by Crippen LogP contribution is 2.29. The van der Waals surface area contributed by atoms with Crippen molar-refractivity contribution in [3.63, 3.8) is 0 Å². The Morgan fingerprint density at radius 3 is 2.56 bits per heavy atom. The highest BCUT2D eigenvalue weighted by Gasteiger charge is 2.01. The van der Waals surface area contributed by atoms with Gasteiger partial charge < -0.3 is 0 Å². The lowest BCUT2D eigenvalue weighted by Gasteiger charge is -2.05. The van der Waals surface area contributed by atoms with Crippen LogP contribution in [0, 0.1) is 6.92 Å². The maximum atomic E-state index is 10.6. The standard InChI is InChI=1S/C13H11NOS/c1-10-8-11(9-15)2-3-13(10)16-12-4-6-14-7-5-12/h2-9H,1H3. The van der Waals surface area contributed by atoms with Crippen LogP contribution in [-0.2, 0) is 0 Å². The summed E-state index contributed by atoms with van der Waals surface area (Å²) in [5.74, 6) is 0. The van der Waals surface area contributed by atoms with Gasteiger partial charge in [-0.15, -0.1) is 0 Å². The number of hydrogen-bond donors (Lipinski definition) is 0. The number of aldehydes is 1. The van der Waals surface area contributed by atoms with E-state index in [4.69, 9.17) is 0 Å². The number of carbonyl (C=O) groups is 1. The van der Waals surface area contributed by atoms with E-state index in [0.29, 0.717) is 0 Å². The molecule has 0 spiro atoms. The molecule has 2 aromatic rings. The Hall–Kier alpha value is -1.61. The molecule has 0 amide bonds. The van der Waals surface area contributed by atoms with Gasteiger partial charge in [0.25, 0.3) is 0 Å². The van der Waals surface area contributed by atoms with Gasteiger partial charge in [0.05, 0.1) is 0 Å². The zero-order valence-corrected chi connectivity index (χ0v) is 9.70. The Kier molecular flexibility index (Phi) is 3.37. The van der Waals surface area contributed by atoms with E-state index < -0.39 is 0 Å². The van der Waals surface area contributed by atoms with Crippen molar-refractivity contribution < 1.29 is 4.79 Å². The number of pyridine rings is 1.